The van der Waals surface area contributed by atoms with E-state index in [1.807, 2.05) is 6.92 Å². The molecular weight excluding hydrogens is 226 g/mol. The second kappa shape index (κ2) is 7.17. The van der Waals surface area contributed by atoms with E-state index < -0.39 is 0 Å². The van der Waals surface area contributed by atoms with Crippen LogP contribution in [-0.4, -0.2) is 24.2 Å². The second-order valence-corrected chi connectivity index (χ2v) is 5.09. The maximum Gasteiger partial charge on any atom is 0.220 e. The number of hydrogen-bond donors (Lipinski definition) is 2. The normalized spacial score (nSPS) is 12.2. The van der Waals surface area contributed by atoms with Crippen molar-refractivity contribution < 1.29 is 9.90 Å². The van der Waals surface area contributed by atoms with Crippen LogP contribution >= 0.6 is 0 Å². The van der Waals surface area contributed by atoms with Crippen LogP contribution < -0.4 is 5.32 Å². The molecule has 0 fully saturated rings. The highest BCUT2D eigenvalue weighted by Crippen LogP contribution is 2.10. The molecule has 1 aromatic carbocycles. The lowest BCUT2D eigenvalue weighted by atomic mass is 10.0. The Morgan fingerprint density at radius 1 is 1.28 bits per heavy atom. The first kappa shape index (κ1) is 14.7. The summed E-state index contributed by atoms with van der Waals surface area (Å²) in [5.74, 6) is 0.171. The number of aryl methyl sites for hydroxylation is 3. The minimum atomic E-state index is 0.0504. The smallest absolute Gasteiger partial charge is 0.220 e. The van der Waals surface area contributed by atoms with E-state index in [1.165, 1.54) is 16.7 Å². The van der Waals surface area contributed by atoms with Crippen LogP contribution in [-0.2, 0) is 11.2 Å². The molecule has 1 aromatic rings. The number of amides is 1. The Kier molecular flexibility index (Phi) is 5.86. The first-order valence-electron chi connectivity index (χ1n) is 6.46. The van der Waals surface area contributed by atoms with Crippen molar-refractivity contribution in [3.63, 3.8) is 0 Å². The molecule has 0 aromatic heterocycles. The molecule has 1 rings (SSSR count). The first-order chi connectivity index (χ1) is 8.51. The van der Waals surface area contributed by atoms with E-state index in [2.05, 4.69) is 37.4 Å². The highest BCUT2D eigenvalue weighted by molar-refractivity contribution is 5.76. The number of aliphatic hydroxyl groups excluding tert-OH is 1. The van der Waals surface area contributed by atoms with Gasteiger partial charge in [-0.05, 0) is 31.7 Å². The highest BCUT2D eigenvalue weighted by Gasteiger charge is 2.05. The van der Waals surface area contributed by atoms with Gasteiger partial charge in [-0.3, -0.25) is 4.79 Å². The van der Waals surface area contributed by atoms with Crippen LogP contribution in [0.15, 0.2) is 18.2 Å². The Morgan fingerprint density at radius 2 is 1.89 bits per heavy atom. The molecule has 100 valence electrons. The zero-order valence-electron chi connectivity index (χ0n) is 11.5. The monoisotopic (exact) mass is 249 g/mol. The highest BCUT2D eigenvalue weighted by atomic mass is 16.3. The summed E-state index contributed by atoms with van der Waals surface area (Å²) in [5, 5.41) is 11.7. The fraction of sp³-hybridized carbons (Fsp3) is 0.533. The number of aliphatic hydroxyl groups is 1. The van der Waals surface area contributed by atoms with E-state index in [0.717, 1.165) is 6.42 Å². The summed E-state index contributed by atoms with van der Waals surface area (Å²) in [6.45, 7) is 6.70. The van der Waals surface area contributed by atoms with Crippen molar-refractivity contribution in [2.24, 2.45) is 5.92 Å². The predicted molar refractivity (Wildman–Crippen MR) is 73.5 cm³/mol. The van der Waals surface area contributed by atoms with E-state index >= 15 is 0 Å². The fourth-order valence-electron chi connectivity index (χ4n) is 1.91. The largest absolute Gasteiger partial charge is 0.396 e. The third-order valence-corrected chi connectivity index (χ3v) is 2.88. The molecule has 0 radical (unpaired) electrons. The quantitative estimate of drug-likeness (QED) is 0.810. The molecule has 0 saturated carbocycles. The Morgan fingerprint density at radius 3 is 2.44 bits per heavy atom. The average Bonchev–Trinajstić information content (AvgIpc) is 2.32. The summed E-state index contributed by atoms with van der Waals surface area (Å²) >= 11 is 0. The van der Waals surface area contributed by atoms with E-state index in [1.54, 1.807) is 0 Å². The summed E-state index contributed by atoms with van der Waals surface area (Å²) < 4.78 is 0. The van der Waals surface area contributed by atoms with Crippen molar-refractivity contribution in [2.45, 2.75) is 33.6 Å². The van der Waals surface area contributed by atoms with Gasteiger partial charge in [0.05, 0.1) is 0 Å². The zero-order valence-corrected chi connectivity index (χ0v) is 11.5. The minimum absolute atomic E-state index is 0.0504. The van der Waals surface area contributed by atoms with Gasteiger partial charge in [0.1, 0.15) is 0 Å². The molecule has 0 bridgehead atoms. The van der Waals surface area contributed by atoms with Crippen molar-refractivity contribution in [2.75, 3.05) is 13.2 Å². The zero-order chi connectivity index (χ0) is 13.5. The lowest BCUT2D eigenvalue weighted by Gasteiger charge is -2.10. The van der Waals surface area contributed by atoms with E-state index in [9.17, 15) is 4.79 Å². The van der Waals surface area contributed by atoms with Crippen LogP contribution in [0.5, 0.6) is 0 Å². The molecular formula is C15H23NO2. The Labute approximate surface area is 109 Å². The van der Waals surface area contributed by atoms with Crippen LogP contribution in [0.4, 0.5) is 0 Å². The standard InChI is InChI=1S/C15H23NO2/c1-11-6-12(2)8-14(7-11)4-5-15(18)16-9-13(3)10-17/h6-8,13,17H,4-5,9-10H2,1-3H3,(H,16,18). The molecule has 0 aliphatic rings. The second-order valence-electron chi connectivity index (χ2n) is 5.09. The molecule has 0 spiro atoms. The summed E-state index contributed by atoms with van der Waals surface area (Å²) in [5.41, 5.74) is 3.68. The predicted octanol–water partition coefficient (Wildman–Crippen LogP) is 1.98. The molecule has 1 amide bonds. The molecule has 1 unspecified atom stereocenters. The Hall–Kier alpha value is -1.35. The summed E-state index contributed by atoms with van der Waals surface area (Å²) in [4.78, 5) is 11.6. The summed E-state index contributed by atoms with van der Waals surface area (Å²) in [7, 11) is 0. The number of hydrogen-bond acceptors (Lipinski definition) is 2. The molecule has 3 heteroatoms. The van der Waals surface area contributed by atoms with Gasteiger partial charge in [0.25, 0.3) is 0 Å². The average molecular weight is 249 g/mol. The first-order valence-corrected chi connectivity index (χ1v) is 6.46. The molecule has 18 heavy (non-hydrogen) atoms. The van der Waals surface area contributed by atoms with Gasteiger partial charge in [-0.15, -0.1) is 0 Å². The van der Waals surface area contributed by atoms with Gasteiger partial charge in [0.15, 0.2) is 0 Å². The van der Waals surface area contributed by atoms with Crippen molar-refractivity contribution in [3.8, 4) is 0 Å². The van der Waals surface area contributed by atoms with Gasteiger partial charge in [-0.25, -0.2) is 0 Å². The lowest BCUT2D eigenvalue weighted by molar-refractivity contribution is -0.121. The van der Waals surface area contributed by atoms with Crippen LogP contribution in [0.1, 0.15) is 30.0 Å². The maximum absolute atomic E-state index is 11.6. The molecule has 3 nitrogen and oxygen atoms in total. The van der Waals surface area contributed by atoms with Gasteiger partial charge in [0.2, 0.25) is 5.91 Å². The van der Waals surface area contributed by atoms with E-state index in [-0.39, 0.29) is 18.4 Å². The van der Waals surface area contributed by atoms with Crippen molar-refractivity contribution in [3.05, 3.63) is 34.9 Å². The molecule has 0 heterocycles. The van der Waals surface area contributed by atoms with Gasteiger partial charge < -0.3 is 10.4 Å². The minimum Gasteiger partial charge on any atom is -0.396 e. The molecule has 0 aliphatic heterocycles. The van der Waals surface area contributed by atoms with Crippen LogP contribution in [0.25, 0.3) is 0 Å². The van der Waals surface area contributed by atoms with Crippen molar-refractivity contribution in [1.82, 2.24) is 5.32 Å². The van der Waals surface area contributed by atoms with E-state index in [4.69, 9.17) is 5.11 Å². The van der Waals surface area contributed by atoms with Gasteiger partial charge in [-0.1, -0.05) is 36.2 Å². The number of benzene rings is 1. The number of carbonyl (C=O) groups excluding carboxylic acids is 1. The van der Waals surface area contributed by atoms with Gasteiger partial charge in [0, 0.05) is 19.6 Å². The van der Waals surface area contributed by atoms with Gasteiger partial charge in [-0.2, -0.15) is 0 Å². The SMILES string of the molecule is Cc1cc(C)cc(CCC(=O)NCC(C)CO)c1. The molecule has 1 atom stereocenters. The Balaban J connectivity index is 2.38. The molecule has 2 N–H and O–H groups in total. The molecule has 0 saturated heterocycles. The number of carbonyl (C=O) groups is 1. The molecule has 0 aliphatic carbocycles. The maximum atomic E-state index is 11.6. The third kappa shape index (κ3) is 5.32. The summed E-state index contributed by atoms with van der Waals surface area (Å²) in [6.07, 6.45) is 1.27. The summed E-state index contributed by atoms with van der Waals surface area (Å²) in [6, 6.07) is 6.37. The van der Waals surface area contributed by atoms with E-state index in [0.29, 0.717) is 13.0 Å². The lowest BCUT2D eigenvalue weighted by Crippen LogP contribution is -2.29. The fourth-order valence-corrected chi connectivity index (χ4v) is 1.91. The van der Waals surface area contributed by atoms with Crippen molar-refractivity contribution >= 4 is 5.91 Å². The van der Waals surface area contributed by atoms with Crippen LogP contribution in [0.2, 0.25) is 0 Å². The van der Waals surface area contributed by atoms with Gasteiger partial charge >= 0.3 is 0 Å². The third-order valence-electron chi connectivity index (χ3n) is 2.88. The number of rotatable bonds is 6. The van der Waals surface area contributed by atoms with Crippen molar-refractivity contribution in [1.29, 1.82) is 0 Å². The van der Waals surface area contributed by atoms with Crippen LogP contribution in [0.3, 0.4) is 0 Å². The number of nitrogens with one attached hydrogen (secondary N) is 1. The van der Waals surface area contributed by atoms with Crippen LogP contribution in [0, 0.1) is 19.8 Å². The Bertz CT molecular complexity index is 381. The topological polar surface area (TPSA) is 49.3 Å².